The minimum atomic E-state index is -0.311. The molecule has 5 nitrogen and oxygen atoms in total. The fraction of sp³-hybridized carbons (Fsp3) is 0.429. The van der Waals surface area contributed by atoms with Gasteiger partial charge in [-0.1, -0.05) is 6.07 Å². The smallest absolute Gasteiger partial charge is 0.228 e. The number of rotatable bonds is 7. The predicted molar refractivity (Wildman–Crippen MR) is 108 cm³/mol. The van der Waals surface area contributed by atoms with Crippen molar-refractivity contribution in [3.63, 3.8) is 0 Å². The zero-order valence-corrected chi connectivity index (χ0v) is 16.9. The van der Waals surface area contributed by atoms with Crippen LogP contribution in [0, 0.1) is 19.8 Å². The van der Waals surface area contributed by atoms with Crippen LogP contribution in [0.25, 0.3) is 0 Å². The van der Waals surface area contributed by atoms with Crippen LogP contribution < -0.4 is 4.90 Å². The Kier molecular flexibility index (Phi) is 6.29. The highest BCUT2D eigenvalue weighted by atomic mass is 32.1. The van der Waals surface area contributed by atoms with Gasteiger partial charge in [0.2, 0.25) is 11.8 Å². The fourth-order valence-corrected chi connectivity index (χ4v) is 4.01. The Morgan fingerprint density at radius 2 is 2.11 bits per heavy atom. The summed E-state index contributed by atoms with van der Waals surface area (Å²) in [5.74, 6) is -0.272. The van der Waals surface area contributed by atoms with Gasteiger partial charge < -0.3 is 14.5 Å². The number of carbonyl (C=O) groups is 2. The summed E-state index contributed by atoms with van der Waals surface area (Å²) in [4.78, 5) is 29.2. The second-order valence-corrected chi connectivity index (χ2v) is 7.84. The molecule has 0 spiro atoms. The quantitative estimate of drug-likeness (QED) is 0.733. The molecule has 3 rings (SSSR count). The first-order valence-electron chi connectivity index (χ1n) is 9.16. The van der Waals surface area contributed by atoms with Crippen LogP contribution >= 0.6 is 11.3 Å². The van der Waals surface area contributed by atoms with Crippen molar-refractivity contribution in [2.45, 2.75) is 26.8 Å². The van der Waals surface area contributed by atoms with Gasteiger partial charge in [0.1, 0.15) is 0 Å². The second-order valence-electron chi connectivity index (χ2n) is 7.06. The van der Waals surface area contributed by atoms with E-state index in [2.05, 4.69) is 6.92 Å². The molecule has 0 bridgehead atoms. The van der Waals surface area contributed by atoms with Crippen LogP contribution in [0.5, 0.6) is 0 Å². The number of amides is 2. The Hall–Kier alpha value is -2.18. The van der Waals surface area contributed by atoms with Crippen molar-refractivity contribution >= 4 is 28.8 Å². The molecule has 1 fully saturated rings. The van der Waals surface area contributed by atoms with E-state index in [1.165, 1.54) is 5.56 Å². The Labute approximate surface area is 164 Å². The van der Waals surface area contributed by atoms with Crippen LogP contribution in [0.15, 0.2) is 35.0 Å². The molecule has 0 aliphatic carbocycles. The first kappa shape index (κ1) is 19.6. The minimum Gasteiger partial charge on any atom is -0.383 e. The largest absolute Gasteiger partial charge is 0.383 e. The third-order valence-corrected chi connectivity index (χ3v) is 5.84. The molecule has 1 saturated heterocycles. The predicted octanol–water partition coefficient (Wildman–Crippen LogP) is 3.39. The Bertz CT molecular complexity index is 804. The van der Waals surface area contributed by atoms with Crippen molar-refractivity contribution < 1.29 is 14.3 Å². The molecule has 0 unspecified atom stereocenters. The van der Waals surface area contributed by atoms with Crippen molar-refractivity contribution in [2.75, 3.05) is 31.7 Å². The maximum absolute atomic E-state index is 13.1. The fourth-order valence-electron chi connectivity index (χ4n) is 3.35. The second kappa shape index (κ2) is 8.67. The SMILES string of the molecule is COCCN(Cc1ccsc1)C(=O)[C@@H]1CC(=O)N(c2ccc(C)c(C)c2)C1. The van der Waals surface area contributed by atoms with Crippen molar-refractivity contribution in [2.24, 2.45) is 5.92 Å². The highest BCUT2D eigenvalue weighted by molar-refractivity contribution is 7.07. The lowest BCUT2D eigenvalue weighted by Gasteiger charge is -2.25. The molecule has 0 radical (unpaired) electrons. The van der Waals surface area contributed by atoms with Crippen LogP contribution in [0.2, 0.25) is 0 Å². The molecule has 1 atom stereocenters. The molecule has 1 aromatic carbocycles. The van der Waals surface area contributed by atoms with Gasteiger partial charge in [-0.25, -0.2) is 0 Å². The summed E-state index contributed by atoms with van der Waals surface area (Å²) in [5.41, 5.74) is 4.33. The summed E-state index contributed by atoms with van der Waals surface area (Å²) in [6, 6.07) is 8.03. The van der Waals surface area contributed by atoms with Gasteiger partial charge in [-0.3, -0.25) is 9.59 Å². The molecule has 1 aliphatic heterocycles. The van der Waals surface area contributed by atoms with E-state index < -0.39 is 0 Å². The number of benzene rings is 1. The maximum Gasteiger partial charge on any atom is 0.228 e. The third kappa shape index (κ3) is 4.57. The maximum atomic E-state index is 13.1. The monoisotopic (exact) mass is 386 g/mol. The van der Waals surface area contributed by atoms with Gasteiger partial charge in [-0.15, -0.1) is 0 Å². The molecule has 144 valence electrons. The van der Waals surface area contributed by atoms with Crippen LogP contribution in [-0.4, -0.2) is 43.5 Å². The molecule has 2 aromatic rings. The van der Waals surface area contributed by atoms with Crippen molar-refractivity contribution in [1.82, 2.24) is 4.90 Å². The average molecular weight is 387 g/mol. The van der Waals surface area contributed by atoms with Gasteiger partial charge in [-0.2, -0.15) is 11.3 Å². The number of thiophene rings is 1. The van der Waals surface area contributed by atoms with Gasteiger partial charge in [0, 0.05) is 38.9 Å². The molecule has 2 amide bonds. The van der Waals surface area contributed by atoms with E-state index in [9.17, 15) is 9.59 Å². The van der Waals surface area contributed by atoms with Gasteiger partial charge in [0.15, 0.2) is 0 Å². The van der Waals surface area contributed by atoms with E-state index in [0.29, 0.717) is 26.2 Å². The molecule has 6 heteroatoms. The number of carbonyl (C=O) groups excluding carboxylic acids is 2. The van der Waals surface area contributed by atoms with E-state index in [0.717, 1.165) is 16.8 Å². The van der Waals surface area contributed by atoms with E-state index in [1.54, 1.807) is 23.3 Å². The first-order chi connectivity index (χ1) is 13.0. The Morgan fingerprint density at radius 1 is 1.30 bits per heavy atom. The van der Waals surface area contributed by atoms with E-state index in [1.807, 2.05) is 46.8 Å². The zero-order valence-electron chi connectivity index (χ0n) is 16.1. The molecule has 1 aromatic heterocycles. The summed E-state index contributed by atoms with van der Waals surface area (Å²) in [7, 11) is 1.63. The van der Waals surface area contributed by atoms with E-state index in [-0.39, 0.29) is 24.2 Å². The standard InChI is InChI=1S/C21H26N2O3S/c1-15-4-5-19(10-16(15)2)23-13-18(11-20(23)24)21(25)22(7-8-26-3)12-17-6-9-27-14-17/h4-6,9-10,14,18H,7-8,11-13H2,1-3H3/t18-/m1/s1. The summed E-state index contributed by atoms with van der Waals surface area (Å²) >= 11 is 1.62. The van der Waals surface area contributed by atoms with Gasteiger partial charge >= 0.3 is 0 Å². The molecular formula is C21H26N2O3S. The third-order valence-electron chi connectivity index (χ3n) is 5.11. The summed E-state index contributed by atoms with van der Waals surface area (Å²) < 4.78 is 5.17. The van der Waals surface area contributed by atoms with Crippen LogP contribution in [0.4, 0.5) is 5.69 Å². The first-order valence-corrected chi connectivity index (χ1v) is 10.1. The number of methoxy groups -OCH3 is 1. The number of aryl methyl sites for hydroxylation is 2. The normalized spacial score (nSPS) is 16.8. The lowest BCUT2D eigenvalue weighted by molar-refractivity contribution is -0.137. The van der Waals surface area contributed by atoms with Gasteiger partial charge in [-0.05, 0) is 59.5 Å². The average Bonchev–Trinajstić information content (AvgIpc) is 3.30. The molecule has 0 N–H and O–H groups in total. The van der Waals surface area contributed by atoms with E-state index in [4.69, 9.17) is 4.74 Å². The van der Waals surface area contributed by atoms with Crippen LogP contribution in [0.3, 0.4) is 0 Å². The number of hydrogen-bond donors (Lipinski definition) is 0. The number of nitrogens with zero attached hydrogens (tertiary/aromatic N) is 2. The molecule has 0 saturated carbocycles. The molecular weight excluding hydrogens is 360 g/mol. The Morgan fingerprint density at radius 3 is 2.78 bits per heavy atom. The highest BCUT2D eigenvalue weighted by Gasteiger charge is 2.37. The van der Waals surface area contributed by atoms with Crippen molar-refractivity contribution in [1.29, 1.82) is 0 Å². The number of hydrogen-bond acceptors (Lipinski definition) is 4. The number of ether oxygens (including phenoxy) is 1. The van der Waals surface area contributed by atoms with Crippen LogP contribution in [-0.2, 0) is 20.9 Å². The van der Waals surface area contributed by atoms with Crippen molar-refractivity contribution in [3.8, 4) is 0 Å². The van der Waals surface area contributed by atoms with Gasteiger partial charge in [0.25, 0.3) is 0 Å². The van der Waals surface area contributed by atoms with Gasteiger partial charge in [0.05, 0.1) is 12.5 Å². The Balaban J connectivity index is 1.72. The lowest BCUT2D eigenvalue weighted by atomic mass is 10.1. The highest BCUT2D eigenvalue weighted by Crippen LogP contribution is 2.28. The topological polar surface area (TPSA) is 49.9 Å². The summed E-state index contributed by atoms with van der Waals surface area (Å²) in [6.07, 6.45) is 0.263. The van der Waals surface area contributed by atoms with Crippen molar-refractivity contribution in [3.05, 3.63) is 51.7 Å². The molecule has 2 heterocycles. The lowest BCUT2D eigenvalue weighted by Crippen LogP contribution is -2.39. The summed E-state index contributed by atoms with van der Waals surface area (Å²) in [6.45, 7) is 6.09. The van der Waals surface area contributed by atoms with E-state index >= 15 is 0 Å². The minimum absolute atomic E-state index is 0.0128. The molecule has 27 heavy (non-hydrogen) atoms. The molecule has 1 aliphatic rings. The van der Waals surface area contributed by atoms with Crippen LogP contribution in [0.1, 0.15) is 23.1 Å². The zero-order chi connectivity index (χ0) is 19.4. The number of anilines is 1. The summed E-state index contributed by atoms with van der Waals surface area (Å²) in [5, 5.41) is 4.06.